The number of nitrogens with one attached hydrogen (secondary N) is 4. The number of aromatic nitrogens is 4. The predicted octanol–water partition coefficient (Wildman–Crippen LogP) is 10.6. The van der Waals surface area contributed by atoms with Crippen molar-refractivity contribution in [2.24, 2.45) is 11.8 Å². The van der Waals surface area contributed by atoms with Crippen LogP contribution in [-0.4, -0.2) is 90.2 Å². The number of aliphatic hydroxyl groups excluding tert-OH is 1. The summed E-state index contributed by atoms with van der Waals surface area (Å²) in [6.07, 6.45) is 2.88. The molecule has 3 heterocycles. The van der Waals surface area contributed by atoms with Crippen LogP contribution in [-0.2, 0) is 24.8 Å². The van der Waals surface area contributed by atoms with Gasteiger partial charge in [0.15, 0.2) is 0 Å². The van der Waals surface area contributed by atoms with E-state index in [0.29, 0.717) is 43.5 Å². The number of hydrogen-bond acceptors (Lipinski definition) is 9. The molecule has 1 saturated carbocycles. The molecule has 8 rings (SSSR count). The number of rotatable bonds is 16. The first-order chi connectivity index (χ1) is 32.1. The van der Waals surface area contributed by atoms with Crippen molar-refractivity contribution in [1.29, 1.82) is 0 Å². The van der Waals surface area contributed by atoms with Crippen LogP contribution in [0.4, 0.5) is 13.6 Å². The Bertz CT molecular complexity index is 3140. The Labute approximate surface area is 419 Å². The van der Waals surface area contributed by atoms with Gasteiger partial charge in [0.1, 0.15) is 38.7 Å². The summed E-state index contributed by atoms with van der Waals surface area (Å²) >= 11 is 20.1. The highest BCUT2D eigenvalue weighted by molar-refractivity contribution is 9.10. The minimum atomic E-state index is -4.36. The maximum absolute atomic E-state index is 15.3. The van der Waals surface area contributed by atoms with Gasteiger partial charge in [-0.05, 0) is 120 Å². The first kappa shape index (κ1) is 50.1. The zero-order valence-corrected chi connectivity index (χ0v) is 43.0. The predicted molar refractivity (Wildman–Crippen MR) is 263 cm³/mol. The zero-order valence-electron chi connectivity index (χ0n) is 36.6. The van der Waals surface area contributed by atoms with Crippen molar-refractivity contribution in [3.8, 4) is 56.5 Å². The number of ether oxygens (including phenoxy) is 1. The third-order valence-electron chi connectivity index (χ3n) is 11.6. The average molecular weight is 1140 g/mol. The molecule has 2 aliphatic rings. The molecule has 0 spiro atoms. The van der Waals surface area contributed by atoms with Gasteiger partial charge in [-0.2, -0.15) is 4.31 Å². The number of nitrogens with zero attached hydrogens (tertiary/aromatic N) is 3. The van der Waals surface area contributed by atoms with Gasteiger partial charge in [0, 0.05) is 65.8 Å². The third-order valence-corrected chi connectivity index (χ3v) is 17.2. The number of aromatic amines is 2. The molecule has 0 bridgehead atoms. The van der Waals surface area contributed by atoms with Gasteiger partial charge in [-0.1, -0.05) is 48.2 Å². The van der Waals surface area contributed by atoms with Crippen molar-refractivity contribution in [2.45, 2.75) is 68.0 Å². The van der Waals surface area contributed by atoms with E-state index in [1.54, 1.807) is 51.1 Å². The van der Waals surface area contributed by atoms with Gasteiger partial charge in [-0.15, -0.1) is 0 Å². The summed E-state index contributed by atoms with van der Waals surface area (Å²) < 4.78 is 96.1. The number of fused-ring (bicyclic) bond motifs is 1. The number of sulfonamides is 2. The fourth-order valence-electron chi connectivity index (χ4n) is 7.98. The molecule has 5 N–H and O–H groups in total. The minimum absolute atomic E-state index is 0.0335. The van der Waals surface area contributed by atoms with E-state index < -0.39 is 49.5 Å². The number of unbranched alkanes of at least 4 members (excludes halogenated alkanes) is 3. The van der Waals surface area contributed by atoms with Crippen molar-refractivity contribution in [2.75, 3.05) is 26.2 Å². The highest BCUT2D eigenvalue weighted by atomic mass is 79.9. The Morgan fingerprint density at radius 3 is 2.10 bits per heavy atom. The fraction of sp³-hybridized carbons (Fsp3) is 0.326. The van der Waals surface area contributed by atoms with Crippen LogP contribution in [0.5, 0.6) is 0 Å². The number of imidazole rings is 2. The van der Waals surface area contributed by atoms with E-state index in [-0.39, 0.29) is 106 Å². The van der Waals surface area contributed by atoms with E-state index in [1.165, 1.54) is 46.9 Å². The van der Waals surface area contributed by atoms with Crippen LogP contribution in [0.15, 0.2) is 91.7 Å². The summed E-state index contributed by atoms with van der Waals surface area (Å²) in [6, 6.07) is 16.1. The average Bonchev–Trinajstić information content (AvgIpc) is 3.81. The first-order valence-electron chi connectivity index (χ1n) is 21.5. The number of aliphatic hydroxyl groups is 1. The molecule has 68 heavy (non-hydrogen) atoms. The van der Waals surface area contributed by atoms with E-state index in [2.05, 4.69) is 56.9 Å². The SMILES string of the molecule is CC(C)(C)OC(=O)NCCCCCCNS(=O)(=O)c1cc(-c2ncc(-c3ccc(Br)c(F)c3)[nH]2)cc(-c2[nH]c(-c3ccc(Cl)c(S(=O)(=O)N4C[C@@H]5C(O)[C@@H]5C4)c3)nc2-c2ccc(Br)c(F)c2)c1Cl. The summed E-state index contributed by atoms with van der Waals surface area (Å²) in [7, 11) is -8.47. The van der Waals surface area contributed by atoms with Crippen LogP contribution in [0.2, 0.25) is 10.0 Å². The van der Waals surface area contributed by atoms with Gasteiger partial charge in [-0.25, -0.2) is 45.1 Å². The lowest BCUT2D eigenvalue weighted by Crippen LogP contribution is -2.33. The number of amides is 1. The molecule has 14 nitrogen and oxygen atoms in total. The lowest BCUT2D eigenvalue weighted by atomic mass is 10.0. The largest absolute Gasteiger partial charge is 0.444 e. The second kappa shape index (κ2) is 19.9. The van der Waals surface area contributed by atoms with Crippen molar-refractivity contribution in [1.82, 2.24) is 34.3 Å². The maximum Gasteiger partial charge on any atom is 0.407 e. The molecule has 2 fully saturated rings. The second-order valence-electron chi connectivity index (χ2n) is 17.6. The molecular weight excluding hydrogens is 1100 g/mol. The normalized spacial score (nSPS) is 17.4. The van der Waals surface area contributed by atoms with Gasteiger partial charge in [0.05, 0.1) is 48.4 Å². The molecule has 22 heteroatoms. The van der Waals surface area contributed by atoms with Crippen molar-refractivity contribution < 1.29 is 40.3 Å². The summed E-state index contributed by atoms with van der Waals surface area (Å²) in [5, 5.41) is 12.5. The Hall–Kier alpha value is -4.25. The molecule has 6 aromatic rings. The minimum Gasteiger partial charge on any atom is -0.444 e. The lowest BCUT2D eigenvalue weighted by Gasteiger charge is -2.19. The molecule has 1 amide bonds. The summed E-state index contributed by atoms with van der Waals surface area (Å²) in [4.78, 5) is 27.3. The van der Waals surface area contributed by atoms with Crippen LogP contribution >= 0.6 is 55.1 Å². The number of H-pyrrole nitrogens is 2. The Morgan fingerprint density at radius 1 is 0.824 bits per heavy atom. The number of hydrogen-bond donors (Lipinski definition) is 5. The lowest BCUT2D eigenvalue weighted by molar-refractivity contribution is 0.0526. The third kappa shape index (κ3) is 10.9. The second-order valence-corrected chi connectivity index (χ2v) is 23.7. The highest BCUT2D eigenvalue weighted by Crippen LogP contribution is 2.48. The molecule has 1 saturated heterocycles. The van der Waals surface area contributed by atoms with Crippen LogP contribution in [0, 0.1) is 23.5 Å². The highest BCUT2D eigenvalue weighted by Gasteiger charge is 2.57. The number of halogens is 6. The van der Waals surface area contributed by atoms with Crippen molar-refractivity contribution in [3.63, 3.8) is 0 Å². The Morgan fingerprint density at radius 2 is 1.44 bits per heavy atom. The van der Waals surface area contributed by atoms with Crippen LogP contribution in [0.3, 0.4) is 0 Å². The number of alkyl carbamates (subject to hydrolysis) is 1. The first-order valence-corrected chi connectivity index (χ1v) is 26.7. The Kier molecular flexibility index (Phi) is 14.6. The van der Waals surface area contributed by atoms with Gasteiger partial charge >= 0.3 is 6.09 Å². The number of benzene rings is 4. The van der Waals surface area contributed by atoms with Crippen molar-refractivity contribution in [3.05, 3.63) is 104 Å². The topological polar surface area (TPSA) is 199 Å². The molecule has 4 aromatic carbocycles. The molecule has 3 atom stereocenters. The number of piperidine rings is 1. The molecule has 1 unspecified atom stereocenters. The maximum atomic E-state index is 15.3. The quantitative estimate of drug-likeness (QED) is 0.0585. The van der Waals surface area contributed by atoms with Crippen LogP contribution in [0.1, 0.15) is 46.5 Å². The number of carbonyl (C=O) groups is 1. The summed E-state index contributed by atoms with van der Waals surface area (Å²) in [5.74, 6) is -1.08. The smallest absolute Gasteiger partial charge is 0.407 e. The van der Waals surface area contributed by atoms with Gasteiger partial charge in [0.25, 0.3) is 0 Å². The molecule has 1 aliphatic heterocycles. The molecule has 1 aliphatic carbocycles. The molecule has 2 aromatic heterocycles. The van der Waals surface area contributed by atoms with E-state index in [9.17, 15) is 31.1 Å². The van der Waals surface area contributed by atoms with Gasteiger partial charge in [0.2, 0.25) is 20.0 Å². The molecule has 0 radical (unpaired) electrons. The van der Waals surface area contributed by atoms with Gasteiger partial charge in [-0.3, -0.25) is 0 Å². The van der Waals surface area contributed by atoms with E-state index in [4.69, 9.17) is 32.9 Å². The standard InChI is InChI=1S/C46H45Br2Cl2F2N7O7S2/c1-46(2,3)66-45(61)53-14-6-4-5-7-15-55-67(62,63)38-20-27(43-54-21-36(56-43)24-8-11-31(47)34(51)17-24)16-28(39(38)50)41-40(25-9-12-32(48)35(52)18-25)57-44(58-41)26-10-13-33(49)37(19-26)68(64,65)59-22-29-30(23-59)42(29)60/h8-13,16-21,29-30,42,55,60H,4-7,14-15,22-23H2,1-3H3,(H,53,61)(H,54,56)(H,57,58)/t29-,30+,42?. The summed E-state index contributed by atoms with van der Waals surface area (Å²) in [6.45, 7) is 6.08. The molecule has 360 valence electrons. The van der Waals surface area contributed by atoms with E-state index >= 15 is 4.39 Å². The van der Waals surface area contributed by atoms with Gasteiger partial charge < -0.3 is 25.1 Å². The monoisotopic (exact) mass is 1140 g/mol. The van der Waals surface area contributed by atoms with E-state index in [0.717, 1.165) is 0 Å². The summed E-state index contributed by atoms with van der Waals surface area (Å²) in [5.41, 5.74) is 1.48. The number of carbonyl (C=O) groups excluding carboxylic acids is 1. The Balaban J connectivity index is 1.17. The zero-order chi connectivity index (χ0) is 48.9. The van der Waals surface area contributed by atoms with E-state index in [1.807, 2.05) is 0 Å². The molecular formula is C46H45Br2Cl2F2N7O7S2. The van der Waals surface area contributed by atoms with Crippen LogP contribution in [0.25, 0.3) is 56.5 Å². The van der Waals surface area contributed by atoms with Crippen LogP contribution < -0.4 is 10.0 Å². The fourth-order valence-corrected chi connectivity index (χ4v) is 12.2. The van der Waals surface area contributed by atoms with Crippen molar-refractivity contribution >= 4 is 81.2 Å².